The predicted octanol–water partition coefficient (Wildman–Crippen LogP) is 3.56. The molecule has 2 nitrogen and oxygen atoms in total. The van der Waals surface area contributed by atoms with Gasteiger partial charge in [0.25, 0.3) is 0 Å². The number of ether oxygens (including phenoxy) is 2. The van der Waals surface area contributed by atoms with Gasteiger partial charge in [-0.1, -0.05) is 19.1 Å². The number of methoxy groups -OCH3 is 2. The minimum absolute atomic E-state index is 0.505. The van der Waals surface area contributed by atoms with E-state index >= 15 is 0 Å². The van der Waals surface area contributed by atoms with Crippen molar-refractivity contribution in [2.24, 2.45) is 0 Å². The molecule has 0 atom stereocenters. The van der Waals surface area contributed by atoms with E-state index < -0.39 is 17.5 Å². The molecule has 0 saturated heterocycles. The third kappa shape index (κ3) is 2.79. The van der Waals surface area contributed by atoms with Crippen molar-refractivity contribution >= 4 is 0 Å². The Balaban J connectivity index is 3.09. The van der Waals surface area contributed by atoms with Crippen LogP contribution in [-0.2, 0) is 21.4 Å². The fraction of sp³-hybridized carbons (Fsp3) is 0.500. The number of hydrogen-bond acceptors (Lipinski definition) is 2. The maximum Gasteiger partial charge on any atom is 0.416 e. The summed E-state index contributed by atoms with van der Waals surface area (Å²) >= 11 is 0. The molecule has 0 unspecified atom stereocenters. The van der Waals surface area contributed by atoms with E-state index in [1.807, 2.05) is 6.92 Å². The summed E-state index contributed by atoms with van der Waals surface area (Å²) in [5.41, 5.74) is -0.114. The molecule has 0 aromatic heterocycles. The summed E-state index contributed by atoms with van der Waals surface area (Å²) in [4.78, 5) is 0. The maximum atomic E-state index is 12.4. The van der Waals surface area contributed by atoms with E-state index in [-0.39, 0.29) is 0 Å². The summed E-state index contributed by atoms with van der Waals surface area (Å²) in [6, 6.07) is 4.80. The van der Waals surface area contributed by atoms with Crippen molar-refractivity contribution in [3.8, 4) is 0 Å². The van der Waals surface area contributed by atoms with Crippen LogP contribution >= 0.6 is 0 Å². The highest BCUT2D eigenvalue weighted by atomic mass is 19.4. The molecule has 0 bridgehead atoms. The Morgan fingerprint density at radius 1 is 0.941 bits per heavy atom. The van der Waals surface area contributed by atoms with Crippen LogP contribution in [0.3, 0.4) is 0 Å². The van der Waals surface area contributed by atoms with E-state index in [1.54, 1.807) is 0 Å². The molecule has 1 aromatic carbocycles. The Labute approximate surface area is 98.3 Å². The summed E-state index contributed by atoms with van der Waals surface area (Å²) in [5, 5.41) is 0. The Morgan fingerprint density at radius 2 is 1.35 bits per heavy atom. The van der Waals surface area contributed by atoms with Crippen molar-refractivity contribution in [1.29, 1.82) is 0 Å². The zero-order valence-corrected chi connectivity index (χ0v) is 9.97. The number of rotatable bonds is 4. The first kappa shape index (κ1) is 14.0. The van der Waals surface area contributed by atoms with Crippen LogP contribution < -0.4 is 0 Å². The van der Waals surface area contributed by atoms with Crippen LogP contribution in [0.15, 0.2) is 24.3 Å². The first-order valence-corrected chi connectivity index (χ1v) is 5.17. The van der Waals surface area contributed by atoms with Crippen LogP contribution in [0.5, 0.6) is 0 Å². The zero-order valence-electron chi connectivity index (χ0n) is 9.97. The number of alkyl halides is 3. The van der Waals surface area contributed by atoms with E-state index in [9.17, 15) is 13.2 Å². The lowest BCUT2D eigenvalue weighted by atomic mass is 10.0. The molecule has 0 heterocycles. The molecule has 0 fully saturated rings. The molecule has 0 N–H and O–H groups in total. The standard InChI is InChI=1S/C12H15F3O2/c1-4-11(16-2,17-3)9-5-7-10(8-6-9)12(13,14)15/h5-8H,4H2,1-3H3. The molecule has 1 rings (SSSR count). The highest BCUT2D eigenvalue weighted by Crippen LogP contribution is 2.33. The molecule has 0 aliphatic carbocycles. The van der Waals surface area contributed by atoms with E-state index in [4.69, 9.17) is 9.47 Å². The third-order valence-corrected chi connectivity index (χ3v) is 2.78. The summed E-state index contributed by atoms with van der Waals surface area (Å²) in [6.45, 7) is 1.84. The highest BCUT2D eigenvalue weighted by molar-refractivity contribution is 5.27. The van der Waals surface area contributed by atoms with E-state index in [1.165, 1.54) is 26.4 Å². The van der Waals surface area contributed by atoms with Gasteiger partial charge < -0.3 is 9.47 Å². The normalized spacial score (nSPS) is 12.8. The van der Waals surface area contributed by atoms with Crippen LogP contribution in [-0.4, -0.2) is 14.2 Å². The molecule has 96 valence electrons. The highest BCUT2D eigenvalue weighted by Gasteiger charge is 2.33. The van der Waals surface area contributed by atoms with Gasteiger partial charge in [0.05, 0.1) is 5.56 Å². The van der Waals surface area contributed by atoms with Crippen LogP contribution in [0.4, 0.5) is 13.2 Å². The average Bonchev–Trinajstić information content (AvgIpc) is 2.32. The third-order valence-electron chi connectivity index (χ3n) is 2.78. The van der Waals surface area contributed by atoms with Gasteiger partial charge in [-0.15, -0.1) is 0 Å². The fourth-order valence-electron chi connectivity index (χ4n) is 1.72. The molecule has 17 heavy (non-hydrogen) atoms. The van der Waals surface area contributed by atoms with E-state index in [0.29, 0.717) is 12.0 Å². The molecule has 0 aliphatic rings. The molecule has 1 aromatic rings. The number of hydrogen-bond donors (Lipinski definition) is 0. The molecule has 0 spiro atoms. The van der Waals surface area contributed by atoms with Crippen LogP contribution in [0.25, 0.3) is 0 Å². The second-order valence-corrected chi connectivity index (χ2v) is 3.59. The van der Waals surface area contributed by atoms with Gasteiger partial charge >= 0.3 is 6.18 Å². The van der Waals surface area contributed by atoms with Gasteiger partial charge in [-0.3, -0.25) is 0 Å². The SMILES string of the molecule is CCC(OC)(OC)c1ccc(C(F)(F)F)cc1. The fourth-order valence-corrected chi connectivity index (χ4v) is 1.72. The second kappa shape index (κ2) is 5.06. The average molecular weight is 248 g/mol. The first-order chi connectivity index (χ1) is 7.89. The van der Waals surface area contributed by atoms with Crippen molar-refractivity contribution < 1.29 is 22.6 Å². The molecule has 0 radical (unpaired) electrons. The number of halogens is 3. The molecule has 5 heteroatoms. The second-order valence-electron chi connectivity index (χ2n) is 3.59. The Morgan fingerprint density at radius 3 is 1.65 bits per heavy atom. The topological polar surface area (TPSA) is 18.5 Å². The van der Waals surface area contributed by atoms with Crippen molar-refractivity contribution in [2.75, 3.05) is 14.2 Å². The molecule has 0 aliphatic heterocycles. The minimum Gasteiger partial charge on any atom is -0.349 e. The summed E-state index contributed by atoms with van der Waals surface area (Å²) in [7, 11) is 2.93. The van der Waals surface area contributed by atoms with E-state index in [2.05, 4.69) is 0 Å². The lowest BCUT2D eigenvalue weighted by molar-refractivity contribution is -0.217. The smallest absolute Gasteiger partial charge is 0.349 e. The summed E-state index contributed by atoms with van der Waals surface area (Å²) < 4.78 is 47.7. The Hall–Kier alpha value is -1.07. The van der Waals surface area contributed by atoms with Gasteiger partial charge in [0, 0.05) is 26.2 Å². The molecular formula is C12H15F3O2. The predicted molar refractivity (Wildman–Crippen MR) is 57.4 cm³/mol. The summed E-state index contributed by atoms with van der Waals surface area (Å²) in [5.74, 6) is -0.982. The molecule has 0 amide bonds. The van der Waals surface area contributed by atoms with Gasteiger partial charge in [-0.2, -0.15) is 13.2 Å². The minimum atomic E-state index is -4.33. The van der Waals surface area contributed by atoms with Gasteiger partial charge in [-0.25, -0.2) is 0 Å². The first-order valence-electron chi connectivity index (χ1n) is 5.17. The van der Waals surface area contributed by atoms with Gasteiger partial charge in [-0.05, 0) is 12.1 Å². The van der Waals surface area contributed by atoms with Gasteiger partial charge in [0.15, 0.2) is 5.79 Å². The van der Waals surface area contributed by atoms with E-state index in [0.717, 1.165) is 12.1 Å². The lowest BCUT2D eigenvalue weighted by Crippen LogP contribution is -2.29. The van der Waals surface area contributed by atoms with Crippen LogP contribution in [0.1, 0.15) is 24.5 Å². The molecule has 0 saturated carbocycles. The van der Waals surface area contributed by atoms with Crippen molar-refractivity contribution in [3.63, 3.8) is 0 Å². The lowest BCUT2D eigenvalue weighted by Gasteiger charge is -2.30. The van der Waals surface area contributed by atoms with Gasteiger partial charge in [0.1, 0.15) is 0 Å². The number of benzene rings is 1. The maximum absolute atomic E-state index is 12.4. The monoisotopic (exact) mass is 248 g/mol. The Bertz CT molecular complexity index is 345. The zero-order chi connectivity index (χ0) is 13.1. The van der Waals surface area contributed by atoms with Crippen molar-refractivity contribution in [1.82, 2.24) is 0 Å². The quantitative estimate of drug-likeness (QED) is 0.758. The van der Waals surface area contributed by atoms with Crippen molar-refractivity contribution in [3.05, 3.63) is 35.4 Å². The largest absolute Gasteiger partial charge is 0.416 e. The van der Waals surface area contributed by atoms with Crippen LogP contribution in [0, 0.1) is 0 Å². The summed E-state index contributed by atoms with van der Waals surface area (Å²) in [6.07, 6.45) is -3.82. The van der Waals surface area contributed by atoms with Crippen LogP contribution in [0.2, 0.25) is 0 Å². The Kier molecular flexibility index (Phi) is 4.16. The molecular weight excluding hydrogens is 233 g/mol. The van der Waals surface area contributed by atoms with Gasteiger partial charge in [0.2, 0.25) is 0 Å². The van der Waals surface area contributed by atoms with Crippen molar-refractivity contribution in [2.45, 2.75) is 25.3 Å².